The van der Waals surface area contributed by atoms with Gasteiger partial charge in [0.25, 0.3) is 5.91 Å². The van der Waals surface area contributed by atoms with Crippen molar-refractivity contribution in [2.24, 2.45) is 0 Å². The number of nitrogens with one attached hydrogen (secondary N) is 1. The molecule has 0 aliphatic heterocycles. The zero-order valence-electron chi connectivity index (χ0n) is 8.88. The molecule has 92 valence electrons. The van der Waals surface area contributed by atoms with Gasteiger partial charge in [0.05, 0.1) is 10.6 Å². The van der Waals surface area contributed by atoms with Gasteiger partial charge in [-0.2, -0.15) is 0 Å². The summed E-state index contributed by atoms with van der Waals surface area (Å²) in [6.07, 6.45) is 1.48. The van der Waals surface area contributed by atoms with Crippen molar-refractivity contribution in [3.63, 3.8) is 0 Å². The van der Waals surface area contributed by atoms with Gasteiger partial charge >= 0.3 is 5.97 Å². The van der Waals surface area contributed by atoms with E-state index in [1.54, 1.807) is 6.07 Å². The summed E-state index contributed by atoms with van der Waals surface area (Å²) in [5.74, 6) is -1.45. The third-order valence-electron chi connectivity index (χ3n) is 2.06. The van der Waals surface area contributed by atoms with Crippen molar-refractivity contribution in [3.05, 3.63) is 46.1 Å². The Morgan fingerprint density at radius 1 is 1.33 bits per heavy atom. The first-order valence-corrected chi connectivity index (χ1v) is 6.02. The van der Waals surface area contributed by atoms with Gasteiger partial charge in [0.2, 0.25) is 0 Å². The van der Waals surface area contributed by atoms with Crippen LogP contribution >= 0.6 is 22.9 Å². The highest BCUT2D eigenvalue weighted by Crippen LogP contribution is 2.23. The molecule has 2 heterocycles. The maximum atomic E-state index is 11.8. The third kappa shape index (κ3) is 2.66. The molecule has 1 amide bonds. The minimum absolute atomic E-state index is 0.102. The molecule has 0 saturated heterocycles. The number of thiophene rings is 1. The van der Waals surface area contributed by atoms with Crippen molar-refractivity contribution < 1.29 is 14.7 Å². The van der Waals surface area contributed by atoms with Gasteiger partial charge in [0.15, 0.2) is 0 Å². The van der Waals surface area contributed by atoms with E-state index < -0.39 is 11.9 Å². The molecule has 2 aromatic heterocycles. The Morgan fingerprint density at radius 3 is 2.72 bits per heavy atom. The number of aromatic nitrogens is 1. The highest BCUT2D eigenvalue weighted by Gasteiger charge is 2.13. The van der Waals surface area contributed by atoms with Crippen LogP contribution in [0.4, 0.5) is 5.00 Å². The Morgan fingerprint density at radius 2 is 2.11 bits per heavy atom. The summed E-state index contributed by atoms with van der Waals surface area (Å²) < 4.78 is 0. The second-order valence-electron chi connectivity index (χ2n) is 3.26. The number of carboxylic acid groups (broad SMARTS) is 1. The molecule has 0 bridgehead atoms. The van der Waals surface area contributed by atoms with Gasteiger partial charge in [-0.05, 0) is 24.3 Å². The summed E-state index contributed by atoms with van der Waals surface area (Å²) in [6, 6.07) is 6.08. The van der Waals surface area contributed by atoms with Crippen LogP contribution in [0.1, 0.15) is 20.0 Å². The number of carbonyl (C=O) groups excluding carboxylic acids is 1. The van der Waals surface area contributed by atoms with Crippen LogP contribution < -0.4 is 5.32 Å². The normalized spacial score (nSPS) is 10.1. The maximum absolute atomic E-state index is 11.8. The molecule has 0 unspecified atom stereocenters. The van der Waals surface area contributed by atoms with E-state index in [9.17, 15) is 9.59 Å². The number of pyridine rings is 1. The number of carbonyl (C=O) groups is 2. The van der Waals surface area contributed by atoms with Crippen LogP contribution in [-0.2, 0) is 0 Å². The summed E-state index contributed by atoms with van der Waals surface area (Å²) in [5, 5.41) is 11.9. The fourth-order valence-electron chi connectivity index (χ4n) is 1.25. The number of nitrogens with zero attached hydrogens (tertiary/aromatic N) is 1. The Balaban J connectivity index is 2.16. The Kier molecular flexibility index (Phi) is 3.59. The number of halogens is 1. The topological polar surface area (TPSA) is 79.3 Å². The van der Waals surface area contributed by atoms with Crippen LogP contribution in [-0.4, -0.2) is 22.0 Å². The van der Waals surface area contributed by atoms with Crippen LogP contribution in [0.15, 0.2) is 30.5 Å². The molecular weight excluding hydrogens is 276 g/mol. The number of anilines is 1. The Bertz CT molecular complexity index is 612. The van der Waals surface area contributed by atoms with Crippen LogP contribution in [0.2, 0.25) is 5.15 Å². The molecule has 0 atom stereocenters. The van der Waals surface area contributed by atoms with Crippen LogP contribution in [0.25, 0.3) is 0 Å². The molecule has 0 aliphatic rings. The third-order valence-corrected chi connectivity index (χ3v) is 3.35. The van der Waals surface area contributed by atoms with E-state index in [0.717, 1.165) is 11.3 Å². The molecule has 2 N–H and O–H groups in total. The first-order valence-electron chi connectivity index (χ1n) is 4.83. The fourth-order valence-corrected chi connectivity index (χ4v) is 2.20. The van der Waals surface area contributed by atoms with E-state index in [4.69, 9.17) is 16.7 Å². The summed E-state index contributed by atoms with van der Waals surface area (Å²) in [5.41, 5.74) is 0.240. The average molecular weight is 283 g/mol. The van der Waals surface area contributed by atoms with Gasteiger partial charge < -0.3 is 10.4 Å². The predicted octanol–water partition coefficient (Wildman–Crippen LogP) is 2.75. The van der Waals surface area contributed by atoms with Crippen molar-refractivity contribution in [2.75, 3.05) is 5.32 Å². The fraction of sp³-hybridized carbons (Fsp3) is 0. The van der Waals surface area contributed by atoms with E-state index in [1.807, 2.05) is 0 Å². The van der Waals surface area contributed by atoms with Crippen molar-refractivity contribution in [2.45, 2.75) is 0 Å². The largest absolute Gasteiger partial charge is 0.477 e. The molecule has 0 fully saturated rings. The molecule has 18 heavy (non-hydrogen) atoms. The molecule has 5 nitrogen and oxygen atoms in total. The number of rotatable bonds is 3. The molecule has 0 saturated carbocycles. The highest BCUT2D eigenvalue weighted by atomic mass is 35.5. The molecule has 0 aliphatic carbocycles. The molecular formula is C11H7ClN2O3S. The number of aromatic carboxylic acids is 1. The van der Waals surface area contributed by atoms with Crippen LogP contribution in [0.5, 0.6) is 0 Å². The van der Waals surface area contributed by atoms with Crippen molar-refractivity contribution in [1.82, 2.24) is 4.98 Å². The van der Waals surface area contributed by atoms with Crippen LogP contribution in [0, 0.1) is 0 Å². The number of hydrogen-bond donors (Lipinski definition) is 2. The summed E-state index contributed by atoms with van der Waals surface area (Å²) >= 11 is 6.75. The first-order chi connectivity index (χ1) is 8.58. The molecule has 7 heteroatoms. The molecule has 0 radical (unpaired) electrons. The molecule has 2 rings (SSSR count). The Hall–Kier alpha value is -1.92. The lowest BCUT2D eigenvalue weighted by Gasteiger charge is -2.03. The van der Waals surface area contributed by atoms with E-state index >= 15 is 0 Å². The van der Waals surface area contributed by atoms with E-state index in [1.165, 1.54) is 24.4 Å². The number of carboxylic acids is 1. The van der Waals surface area contributed by atoms with Crippen molar-refractivity contribution in [3.8, 4) is 0 Å². The SMILES string of the molecule is O=C(O)c1ccc(NC(=O)c2cccnc2Cl)s1. The lowest BCUT2D eigenvalue weighted by Crippen LogP contribution is -2.11. The van der Waals surface area contributed by atoms with Gasteiger partial charge in [-0.15, -0.1) is 11.3 Å². The van der Waals surface area contributed by atoms with E-state index in [0.29, 0.717) is 5.00 Å². The minimum atomic E-state index is -1.03. The lowest BCUT2D eigenvalue weighted by atomic mass is 10.3. The highest BCUT2D eigenvalue weighted by molar-refractivity contribution is 7.18. The second kappa shape index (κ2) is 5.16. The van der Waals surface area contributed by atoms with Crippen molar-refractivity contribution >= 4 is 39.8 Å². The Labute approximate surface area is 111 Å². The van der Waals surface area contributed by atoms with Gasteiger partial charge in [0, 0.05) is 6.20 Å². The standard InChI is InChI=1S/C11H7ClN2O3S/c12-9-6(2-1-5-13-9)10(15)14-8-4-3-7(18-8)11(16)17/h1-5H,(H,14,15)(H,16,17). The zero-order valence-corrected chi connectivity index (χ0v) is 10.5. The van der Waals surface area contributed by atoms with E-state index in [-0.39, 0.29) is 15.6 Å². The monoisotopic (exact) mass is 282 g/mol. The second-order valence-corrected chi connectivity index (χ2v) is 4.71. The summed E-state index contributed by atoms with van der Waals surface area (Å²) in [6.45, 7) is 0. The smallest absolute Gasteiger partial charge is 0.345 e. The van der Waals surface area contributed by atoms with Crippen molar-refractivity contribution in [1.29, 1.82) is 0 Å². The molecule has 2 aromatic rings. The first kappa shape index (κ1) is 12.5. The quantitative estimate of drug-likeness (QED) is 0.849. The summed E-state index contributed by atoms with van der Waals surface area (Å²) in [7, 11) is 0. The van der Waals surface area contributed by atoms with Gasteiger partial charge in [-0.25, -0.2) is 9.78 Å². The number of hydrogen-bond acceptors (Lipinski definition) is 4. The predicted molar refractivity (Wildman–Crippen MR) is 68.5 cm³/mol. The van der Waals surface area contributed by atoms with Gasteiger partial charge in [-0.1, -0.05) is 11.6 Å². The maximum Gasteiger partial charge on any atom is 0.345 e. The van der Waals surface area contributed by atoms with Crippen LogP contribution in [0.3, 0.4) is 0 Å². The molecule has 0 aromatic carbocycles. The number of amides is 1. The minimum Gasteiger partial charge on any atom is -0.477 e. The van der Waals surface area contributed by atoms with Gasteiger partial charge in [0.1, 0.15) is 10.0 Å². The average Bonchev–Trinajstić information content (AvgIpc) is 2.78. The zero-order chi connectivity index (χ0) is 13.1. The van der Waals surface area contributed by atoms with E-state index in [2.05, 4.69) is 10.3 Å². The molecule has 0 spiro atoms. The summed E-state index contributed by atoms with van der Waals surface area (Å²) in [4.78, 5) is 26.5. The van der Waals surface area contributed by atoms with Gasteiger partial charge in [-0.3, -0.25) is 4.79 Å². The lowest BCUT2D eigenvalue weighted by molar-refractivity contribution is 0.0702.